The van der Waals surface area contributed by atoms with Crippen LogP contribution in [0.1, 0.15) is 24.1 Å². The van der Waals surface area contributed by atoms with E-state index in [1.807, 2.05) is 55.5 Å². The first-order valence-electron chi connectivity index (χ1n) is 6.99. The number of benzene rings is 2. The summed E-state index contributed by atoms with van der Waals surface area (Å²) >= 11 is 6.10. The quantitative estimate of drug-likeness (QED) is 0.833. The van der Waals surface area contributed by atoms with Gasteiger partial charge < -0.3 is 10.6 Å². The van der Waals surface area contributed by atoms with E-state index in [0.717, 1.165) is 11.1 Å². The Morgan fingerprint density at radius 3 is 2.55 bits per heavy atom. The van der Waals surface area contributed by atoms with E-state index in [9.17, 15) is 4.79 Å². The summed E-state index contributed by atoms with van der Waals surface area (Å²) in [6.45, 7) is 2.17. The molecule has 0 aliphatic rings. The minimum atomic E-state index is -0.269. The van der Waals surface area contributed by atoms with Crippen LogP contribution in [0.15, 0.2) is 54.6 Å². The molecule has 0 aromatic heterocycles. The number of amides is 2. The van der Waals surface area contributed by atoms with Crippen molar-refractivity contribution < 1.29 is 4.79 Å². The third kappa shape index (κ3) is 4.83. The molecule has 0 radical (unpaired) electrons. The molecular weight excluding hydrogens is 296 g/mol. The van der Waals surface area contributed by atoms with Crippen molar-refractivity contribution >= 4 is 17.6 Å². The van der Waals surface area contributed by atoms with E-state index in [4.69, 9.17) is 11.6 Å². The molecule has 3 nitrogen and oxygen atoms in total. The molecule has 112 valence electrons. The van der Waals surface area contributed by atoms with Crippen LogP contribution in [0, 0.1) is 11.8 Å². The number of halogens is 1. The van der Waals surface area contributed by atoms with E-state index in [0.29, 0.717) is 5.02 Å². The summed E-state index contributed by atoms with van der Waals surface area (Å²) < 4.78 is 0. The van der Waals surface area contributed by atoms with Gasteiger partial charge in [0.2, 0.25) is 0 Å². The largest absolute Gasteiger partial charge is 0.332 e. The monoisotopic (exact) mass is 312 g/mol. The summed E-state index contributed by atoms with van der Waals surface area (Å²) in [5.74, 6) is 5.89. The van der Waals surface area contributed by atoms with Crippen molar-refractivity contribution in [3.05, 3.63) is 70.7 Å². The van der Waals surface area contributed by atoms with Gasteiger partial charge >= 0.3 is 6.03 Å². The predicted molar refractivity (Wildman–Crippen MR) is 89.7 cm³/mol. The molecule has 0 aliphatic heterocycles. The van der Waals surface area contributed by atoms with Crippen LogP contribution in [-0.4, -0.2) is 12.6 Å². The SMILES string of the molecule is CC(NC(=O)NCC#Cc1ccccc1)c1ccccc1Cl. The van der Waals surface area contributed by atoms with Gasteiger partial charge in [-0.3, -0.25) is 0 Å². The first-order valence-corrected chi connectivity index (χ1v) is 7.37. The Bertz CT molecular complexity index is 689. The number of hydrogen-bond donors (Lipinski definition) is 2. The first-order chi connectivity index (χ1) is 10.7. The fourth-order valence-corrected chi connectivity index (χ4v) is 2.24. The Kier molecular flexibility index (Phi) is 5.88. The Labute approximate surface area is 135 Å². The van der Waals surface area contributed by atoms with Crippen LogP contribution in [-0.2, 0) is 0 Å². The molecule has 0 fully saturated rings. The normalized spacial score (nSPS) is 11.0. The molecule has 2 aromatic carbocycles. The highest BCUT2D eigenvalue weighted by molar-refractivity contribution is 6.31. The molecule has 2 N–H and O–H groups in total. The third-order valence-corrected chi connectivity index (χ3v) is 3.41. The zero-order chi connectivity index (χ0) is 15.8. The van der Waals surface area contributed by atoms with Gasteiger partial charge in [0.15, 0.2) is 0 Å². The fourth-order valence-electron chi connectivity index (χ4n) is 1.94. The maximum Gasteiger partial charge on any atom is 0.316 e. The maximum atomic E-state index is 11.8. The molecule has 22 heavy (non-hydrogen) atoms. The summed E-state index contributed by atoms with van der Waals surface area (Å²) in [6.07, 6.45) is 0. The van der Waals surface area contributed by atoms with Crippen molar-refractivity contribution in [2.45, 2.75) is 13.0 Å². The van der Waals surface area contributed by atoms with E-state index < -0.39 is 0 Å². The number of nitrogens with one attached hydrogen (secondary N) is 2. The van der Waals surface area contributed by atoms with Crippen LogP contribution in [0.4, 0.5) is 4.79 Å². The zero-order valence-electron chi connectivity index (χ0n) is 12.3. The topological polar surface area (TPSA) is 41.1 Å². The highest BCUT2D eigenvalue weighted by Crippen LogP contribution is 2.21. The second-order valence-corrected chi connectivity index (χ2v) is 5.15. The Hall–Kier alpha value is -2.44. The Balaban J connectivity index is 1.81. The highest BCUT2D eigenvalue weighted by Gasteiger charge is 2.11. The molecule has 0 aliphatic carbocycles. The molecule has 4 heteroatoms. The molecule has 0 heterocycles. The van der Waals surface area contributed by atoms with E-state index in [-0.39, 0.29) is 18.6 Å². The van der Waals surface area contributed by atoms with Crippen molar-refractivity contribution in [1.29, 1.82) is 0 Å². The lowest BCUT2D eigenvalue weighted by molar-refractivity contribution is 0.239. The second-order valence-electron chi connectivity index (χ2n) is 4.74. The molecule has 0 spiro atoms. The number of carbonyl (C=O) groups excluding carboxylic acids is 1. The van der Waals surface area contributed by atoms with Gasteiger partial charge in [0.05, 0.1) is 12.6 Å². The van der Waals surface area contributed by atoms with Crippen LogP contribution < -0.4 is 10.6 Å². The number of hydrogen-bond acceptors (Lipinski definition) is 1. The van der Waals surface area contributed by atoms with Gasteiger partial charge in [0, 0.05) is 10.6 Å². The average Bonchev–Trinajstić information content (AvgIpc) is 2.53. The van der Waals surface area contributed by atoms with Gasteiger partial charge in [-0.15, -0.1) is 0 Å². The Morgan fingerprint density at radius 2 is 1.82 bits per heavy atom. The van der Waals surface area contributed by atoms with Crippen molar-refractivity contribution in [3.63, 3.8) is 0 Å². The fraction of sp³-hybridized carbons (Fsp3) is 0.167. The zero-order valence-corrected chi connectivity index (χ0v) is 13.0. The van der Waals surface area contributed by atoms with Gasteiger partial charge in [-0.05, 0) is 30.7 Å². The highest BCUT2D eigenvalue weighted by atomic mass is 35.5. The van der Waals surface area contributed by atoms with Gasteiger partial charge in [-0.1, -0.05) is 59.8 Å². The minimum absolute atomic E-state index is 0.171. The van der Waals surface area contributed by atoms with Gasteiger partial charge in [0.25, 0.3) is 0 Å². The maximum absolute atomic E-state index is 11.8. The molecule has 2 amide bonds. The number of carbonyl (C=O) groups is 1. The standard InChI is InChI=1S/C18H17ClN2O/c1-14(16-11-5-6-12-17(16)19)21-18(22)20-13-7-10-15-8-3-2-4-9-15/h2-6,8-9,11-12,14H,13H2,1H3,(H2,20,21,22). The molecule has 2 aromatic rings. The van der Waals surface area contributed by atoms with E-state index >= 15 is 0 Å². The lowest BCUT2D eigenvalue weighted by atomic mass is 10.1. The minimum Gasteiger partial charge on any atom is -0.332 e. The van der Waals surface area contributed by atoms with Crippen molar-refractivity contribution in [1.82, 2.24) is 10.6 Å². The van der Waals surface area contributed by atoms with Crippen LogP contribution >= 0.6 is 11.6 Å². The van der Waals surface area contributed by atoms with Crippen LogP contribution in [0.2, 0.25) is 5.02 Å². The summed E-state index contributed by atoms with van der Waals surface area (Å²) in [5, 5.41) is 6.18. The average molecular weight is 313 g/mol. The second kappa shape index (κ2) is 8.11. The van der Waals surface area contributed by atoms with Gasteiger partial charge in [-0.25, -0.2) is 4.79 Å². The van der Waals surface area contributed by atoms with Crippen LogP contribution in [0.25, 0.3) is 0 Å². The third-order valence-electron chi connectivity index (χ3n) is 3.06. The summed E-state index contributed by atoms with van der Waals surface area (Å²) in [5.41, 5.74) is 1.81. The summed E-state index contributed by atoms with van der Waals surface area (Å²) in [7, 11) is 0. The molecule has 2 rings (SSSR count). The number of urea groups is 1. The van der Waals surface area contributed by atoms with Gasteiger partial charge in [-0.2, -0.15) is 0 Å². The lowest BCUT2D eigenvalue weighted by Gasteiger charge is -2.15. The lowest BCUT2D eigenvalue weighted by Crippen LogP contribution is -2.37. The van der Waals surface area contributed by atoms with Gasteiger partial charge in [0.1, 0.15) is 0 Å². The molecule has 0 saturated carbocycles. The molecule has 0 saturated heterocycles. The van der Waals surface area contributed by atoms with Crippen LogP contribution in [0.5, 0.6) is 0 Å². The number of rotatable bonds is 3. The van der Waals surface area contributed by atoms with E-state index in [2.05, 4.69) is 22.5 Å². The predicted octanol–water partition coefficient (Wildman–Crippen LogP) is 3.75. The smallest absolute Gasteiger partial charge is 0.316 e. The molecule has 1 atom stereocenters. The van der Waals surface area contributed by atoms with Crippen molar-refractivity contribution in [2.75, 3.05) is 6.54 Å². The van der Waals surface area contributed by atoms with E-state index in [1.54, 1.807) is 6.07 Å². The van der Waals surface area contributed by atoms with Crippen molar-refractivity contribution in [3.8, 4) is 11.8 Å². The Morgan fingerprint density at radius 1 is 1.14 bits per heavy atom. The van der Waals surface area contributed by atoms with Crippen LogP contribution in [0.3, 0.4) is 0 Å². The van der Waals surface area contributed by atoms with Crippen molar-refractivity contribution in [2.24, 2.45) is 0 Å². The molecule has 1 unspecified atom stereocenters. The summed E-state index contributed by atoms with van der Waals surface area (Å²) in [6, 6.07) is 16.6. The first kappa shape index (κ1) is 15.9. The summed E-state index contributed by atoms with van der Waals surface area (Å²) in [4.78, 5) is 11.8. The molecular formula is C18H17ClN2O. The molecule has 0 bridgehead atoms. The van der Waals surface area contributed by atoms with E-state index in [1.165, 1.54) is 0 Å².